The van der Waals surface area contributed by atoms with Crippen LogP contribution in [0.15, 0.2) is 17.1 Å². The van der Waals surface area contributed by atoms with Crippen LogP contribution in [0, 0.1) is 11.7 Å². The van der Waals surface area contributed by atoms with Gasteiger partial charge in [-0.05, 0) is 18.9 Å². The Bertz CT molecular complexity index is 1050. The lowest BCUT2D eigenvalue weighted by Gasteiger charge is -2.24. The van der Waals surface area contributed by atoms with Crippen molar-refractivity contribution in [2.75, 3.05) is 31.8 Å². The van der Waals surface area contributed by atoms with Gasteiger partial charge in [0.1, 0.15) is 11.3 Å². The molecule has 2 unspecified atom stereocenters. The third-order valence-electron chi connectivity index (χ3n) is 5.58. The number of aromatic nitrogens is 1. The van der Waals surface area contributed by atoms with Crippen LogP contribution in [0.25, 0.3) is 10.9 Å². The van der Waals surface area contributed by atoms with E-state index in [0.717, 1.165) is 18.9 Å². The second-order valence-electron chi connectivity index (χ2n) is 7.52. The number of pyridine rings is 1. The zero-order chi connectivity index (χ0) is 22.9. The number of anilines is 1. The fourth-order valence-corrected chi connectivity index (χ4v) is 3.97. The Hall–Kier alpha value is -2.76. The molecule has 1 aromatic carbocycles. The molecule has 2 atom stereocenters. The number of benzene rings is 1. The van der Waals surface area contributed by atoms with Gasteiger partial charge in [-0.15, -0.1) is 0 Å². The van der Waals surface area contributed by atoms with Crippen LogP contribution in [-0.4, -0.2) is 56.4 Å². The van der Waals surface area contributed by atoms with Gasteiger partial charge in [0.25, 0.3) is 0 Å². The van der Waals surface area contributed by atoms with E-state index in [1.807, 2.05) is 0 Å². The summed E-state index contributed by atoms with van der Waals surface area (Å²) in [5.74, 6) is -2.36. The molecule has 0 bridgehead atoms. The first-order valence-electron chi connectivity index (χ1n) is 9.56. The lowest BCUT2D eigenvalue weighted by Crippen LogP contribution is -2.30. The van der Waals surface area contributed by atoms with Gasteiger partial charge in [0.15, 0.2) is 11.6 Å². The smallest absolute Gasteiger partial charge is 0.492 e. The van der Waals surface area contributed by atoms with Crippen LogP contribution >= 0.6 is 0 Å². The molecule has 2 aliphatic rings. The van der Waals surface area contributed by atoms with Crippen LogP contribution in [0.5, 0.6) is 5.75 Å². The molecule has 31 heavy (non-hydrogen) atoms. The number of aromatic carboxylic acids is 1. The van der Waals surface area contributed by atoms with Gasteiger partial charge in [-0.25, -0.2) is 9.18 Å². The van der Waals surface area contributed by atoms with Crippen molar-refractivity contribution in [3.05, 3.63) is 33.9 Å². The van der Waals surface area contributed by atoms with Crippen LogP contribution in [0.2, 0.25) is 0 Å². The highest BCUT2D eigenvalue weighted by atomic mass is 19.2. The largest absolute Gasteiger partial charge is 0.577 e. The molecule has 1 aliphatic carbocycles. The minimum absolute atomic E-state index is 0.0211. The van der Waals surface area contributed by atoms with Gasteiger partial charge in [-0.1, -0.05) is 0 Å². The second-order valence-corrected chi connectivity index (χ2v) is 7.52. The molecule has 1 saturated heterocycles. The second kappa shape index (κ2) is 9.17. The van der Waals surface area contributed by atoms with Crippen molar-refractivity contribution >= 4 is 30.4 Å². The highest BCUT2D eigenvalue weighted by molar-refractivity contribution is 6.15. The first-order chi connectivity index (χ1) is 14.8. The number of alkyl halides is 1. The number of rotatable bonds is 5. The van der Waals surface area contributed by atoms with E-state index < -0.39 is 49.2 Å². The topological polar surface area (TPSA) is 97.8 Å². The van der Waals surface area contributed by atoms with E-state index in [2.05, 4.69) is 0 Å². The zero-order valence-electron chi connectivity index (χ0n) is 16.7. The van der Waals surface area contributed by atoms with Gasteiger partial charge in [0.2, 0.25) is 5.43 Å². The third kappa shape index (κ3) is 4.21. The van der Waals surface area contributed by atoms with E-state index in [9.17, 15) is 27.7 Å². The first kappa shape index (κ1) is 22.9. The van der Waals surface area contributed by atoms with Gasteiger partial charge in [0.05, 0.1) is 24.7 Å². The van der Waals surface area contributed by atoms with Gasteiger partial charge in [-0.2, -0.15) is 0 Å². The fourth-order valence-electron chi connectivity index (χ4n) is 3.97. The van der Waals surface area contributed by atoms with E-state index in [-0.39, 0.29) is 36.0 Å². The molecular formula is C19H21BF4N3O4. The number of fused-ring (bicyclic) bond motifs is 1. The monoisotopic (exact) mass is 442 g/mol. The molecule has 1 aromatic heterocycles. The summed E-state index contributed by atoms with van der Waals surface area (Å²) in [7, 11) is 0.368. The summed E-state index contributed by atoms with van der Waals surface area (Å²) in [4.78, 5) is 25.8. The Labute approximate surface area is 175 Å². The van der Waals surface area contributed by atoms with Gasteiger partial charge in [-0.3, -0.25) is 17.8 Å². The van der Waals surface area contributed by atoms with E-state index >= 15 is 4.39 Å². The number of carboxylic acid groups (broad SMARTS) is 1. The Kier molecular flexibility index (Phi) is 6.78. The first-order valence-corrected chi connectivity index (χ1v) is 9.56. The van der Waals surface area contributed by atoms with Crippen LogP contribution in [-0.2, 0) is 0 Å². The average Bonchev–Trinajstić information content (AvgIpc) is 3.50. The van der Waals surface area contributed by atoms with E-state index in [0.29, 0.717) is 5.52 Å². The molecule has 7 nitrogen and oxygen atoms in total. The summed E-state index contributed by atoms with van der Waals surface area (Å²) >= 11 is 0. The number of nitrogens with two attached hydrogens (primary N) is 1. The van der Waals surface area contributed by atoms with Gasteiger partial charge >= 0.3 is 13.8 Å². The Morgan fingerprint density at radius 3 is 2.48 bits per heavy atom. The minimum atomic E-state index is -1.36. The molecule has 2 heterocycles. The van der Waals surface area contributed by atoms with Gasteiger partial charge < -0.3 is 25.0 Å². The lowest BCUT2D eigenvalue weighted by molar-refractivity contribution is 0.0694. The minimum Gasteiger partial charge on any atom is -0.492 e. The molecule has 2 aromatic rings. The molecule has 2 fully saturated rings. The van der Waals surface area contributed by atoms with Crippen LogP contribution < -0.4 is 20.8 Å². The summed E-state index contributed by atoms with van der Waals surface area (Å²) in [6, 6.07) is 0.632. The van der Waals surface area contributed by atoms with Crippen molar-refractivity contribution in [2.24, 2.45) is 11.7 Å². The van der Waals surface area contributed by atoms with Crippen LogP contribution in [0.4, 0.5) is 23.1 Å². The van der Waals surface area contributed by atoms with E-state index in [1.165, 1.54) is 13.3 Å². The van der Waals surface area contributed by atoms with Crippen LogP contribution in [0.3, 0.4) is 0 Å². The SMILES string of the molecule is COc1c(N2CC(N)C(CF)C2)c(F)cc2c(=O)c(C(=O)O)cn(C3CC3)c12.F[B]F. The maximum absolute atomic E-state index is 15.1. The highest BCUT2D eigenvalue weighted by Gasteiger charge is 2.36. The predicted octanol–water partition coefficient (Wildman–Crippen LogP) is 2.37. The zero-order valence-corrected chi connectivity index (χ0v) is 16.7. The number of methoxy groups -OCH3 is 1. The lowest BCUT2D eigenvalue weighted by atomic mass is 10.1. The summed E-state index contributed by atoms with van der Waals surface area (Å²) < 4.78 is 54.5. The molecule has 167 valence electrons. The summed E-state index contributed by atoms with van der Waals surface area (Å²) in [6.07, 6.45) is 2.95. The summed E-state index contributed by atoms with van der Waals surface area (Å²) in [5.41, 5.74) is 5.28. The Morgan fingerprint density at radius 1 is 1.35 bits per heavy atom. The van der Waals surface area contributed by atoms with Crippen LogP contribution in [0.1, 0.15) is 29.2 Å². The van der Waals surface area contributed by atoms with Crippen molar-refractivity contribution < 1.29 is 32.1 Å². The standard InChI is InChI=1S/C19H21F2N3O4.BF2/c1-28-18-15-11(17(25)12(19(26)27)7-24(15)10-2-3-10)4-13(21)16(18)23-6-9(5-20)14(22)8-23;2-1-3/h4,7,9-10,14H,2-3,5-6,8,22H2,1H3,(H,26,27);. The number of carbonyl (C=O) groups is 1. The summed E-state index contributed by atoms with van der Waals surface area (Å²) in [6.45, 7) is -0.116. The van der Waals surface area contributed by atoms with Crippen molar-refractivity contribution in [2.45, 2.75) is 24.9 Å². The number of ether oxygens (including phenoxy) is 1. The van der Waals surface area contributed by atoms with Crippen molar-refractivity contribution in [1.82, 2.24) is 4.57 Å². The number of carboxylic acids is 1. The maximum Gasteiger partial charge on any atom is 0.577 e. The molecule has 0 spiro atoms. The molecular weight excluding hydrogens is 421 g/mol. The molecule has 1 radical (unpaired) electrons. The normalized spacial score (nSPS) is 20.4. The number of nitrogens with zero attached hydrogens (tertiary/aromatic N) is 2. The van der Waals surface area contributed by atoms with Crippen molar-refractivity contribution in [3.63, 3.8) is 0 Å². The fraction of sp³-hybridized carbons (Fsp3) is 0.474. The molecule has 1 aliphatic heterocycles. The molecule has 0 amide bonds. The van der Waals surface area contributed by atoms with E-state index in [1.54, 1.807) is 9.47 Å². The number of hydrogen-bond acceptors (Lipinski definition) is 5. The maximum atomic E-state index is 15.1. The third-order valence-corrected chi connectivity index (χ3v) is 5.58. The quantitative estimate of drug-likeness (QED) is 0.545. The van der Waals surface area contributed by atoms with Crippen molar-refractivity contribution in [1.29, 1.82) is 0 Å². The predicted molar refractivity (Wildman–Crippen MR) is 108 cm³/mol. The summed E-state index contributed by atoms with van der Waals surface area (Å²) in [5, 5.41) is 9.32. The Balaban J connectivity index is 0.000000858. The molecule has 1 saturated carbocycles. The average molecular weight is 442 g/mol. The van der Waals surface area contributed by atoms with Crippen molar-refractivity contribution in [3.8, 4) is 5.75 Å². The molecule has 12 heteroatoms. The number of halogens is 4. The van der Waals surface area contributed by atoms with E-state index in [4.69, 9.17) is 10.5 Å². The molecule has 3 N–H and O–H groups in total. The Morgan fingerprint density at radius 2 is 2.00 bits per heavy atom. The molecule has 4 rings (SSSR count). The highest BCUT2D eigenvalue weighted by Crippen LogP contribution is 2.44. The number of hydrogen-bond donors (Lipinski definition) is 2. The van der Waals surface area contributed by atoms with Gasteiger partial charge in [0, 0.05) is 37.3 Å².